The molecule has 0 aliphatic heterocycles. The van der Waals surface area contributed by atoms with E-state index in [1.165, 1.54) is 0 Å². The molecule has 0 N–H and O–H groups in total. The van der Waals surface area contributed by atoms with Crippen LogP contribution in [0.25, 0.3) is 54.8 Å². The molecule has 258 valence electrons. The van der Waals surface area contributed by atoms with E-state index in [0.29, 0.717) is 31.6 Å². The van der Waals surface area contributed by atoms with Gasteiger partial charge in [0.05, 0.1) is 23.6 Å². The maximum absolute atomic E-state index is 15.0. The minimum Gasteiger partial charge on any atom is -0.432 e. The quantitative estimate of drug-likeness (QED) is 0.148. The van der Waals surface area contributed by atoms with E-state index in [1.54, 1.807) is 24.3 Å². The lowest BCUT2D eigenvalue weighted by molar-refractivity contribution is -0.223. The SMILES string of the molecule is CC1CCC(C(F)(F)Oc2ccc3cc(-c4ccc(-c5ccc6cc(OC(F)(F)C7CCCCC7)ccc6c5)c5nsnc45)ccc3c2)CC1. The van der Waals surface area contributed by atoms with E-state index in [4.69, 9.17) is 9.47 Å². The van der Waals surface area contributed by atoms with Crippen molar-refractivity contribution in [3.8, 4) is 33.8 Å². The first kappa shape index (κ1) is 32.9. The van der Waals surface area contributed by atoms with Crippen molar-refractivity contribution in [1.82, 2.24) is 8.75 Å². The van der Waals surface area contributed by atoms with Crippen LogP contribution in [0.1, 0.15) is 64.7 Å². The van der Waals surface area contributed by atoms with Crippen molar-refractivity contribution in [3.05, 3.63) is 84.9 Å². The van der Waals surface area contributed by atoms with Crippen molar-refractivity contribution in [3.63, 3.8) is 0 Å². The molecule has 0 bridgehead atoms. The molecule has 1 heterocycles. The Labute approximate surface area is 292 Å². The molecule has 8 rings (SSSR count). The fraction of sp³-hybridized carbons (Fsp3) is 0.366. The van der Waals surface area contributed by atoms with Crippen LogP contribution in [0.4, 0.5) is 17.6 Å². The third-order valence-corrected chi connectivity index (χ3v) is 11.3. The molecular formula is C41H38F4N2O2S. The average molecular weight is 699 g/mol. The van der Waals surface area contributed by atoms with Gasteiger partial charge in [-0.05, 0) is 101 Å². The summed E-state index contributed by atoms with van der Waals surface area (Å²) in [5.41, 5.74) is 5.24. The summed E-state index contributed by atoms with van der Waals surface area (Å²) in [6, 6.07) is 26.1. The highest BCUT2D eigenvalue weighted by molar-refractivity contribution is 7.00. The van der Waals surface area contributed by atoms with Crippen molar-refractivity contribution >= 4 is 44.3 Å². The molecule has 0 saturated heterocycles. The fourth-order valence-electron chi connectivity index (χ4n) is 7.76. The van der Waals surface area contributed by atoms with Crippen molar-refractivity contribution in [2.24, 2.45) is 17.8 Å². The van der Waals surface area contributed by atoms with E-state index in [2.05, 4.69) is 15.7 Å². The summed E-state index contributed by atoms with van der Waals surface area (Å²) in [5.74, 6) is -0.685. The maximum Gasteiger partial charge on any atom is 0.400 e. The van der Waals surface area contributed by atoms with Crippen molar-refractivity contribution < 1.29 is 27.0 Å². The second-order valence-electron chi connectivity index (χ2n) is 14.2. The molecule has 50 heavy (non-hydrogen) atoms. The van der Waals surface area contributed by atoms with Crippen LogP contribution >= 0.6 is 11.7 Å². The van der Waals surface area contributed by atoms with E-state index in [9.17, 15) is 8.78 Å². The molecule has 0 radical (unpaired) electrons. The van der Waals surface area contributed by atoms with E-state index in [1.807, 2.05) is 60.7 Å². The molecule has 2 aliphatic carbocycles. The maximum atomic E-state index is 15.0. The molecule has 0 unspecified atom stereocenters. The number of hydrogen-bond acceptors (Lipinski definition) is 5. The van der Waals surface area contributed by atoms with Crippen molar-refractivity contribution in [2.75, 3.05) is 0 Å². The summed E-state index contributed by atoms with van der Waals surface area (Å²) in [4.78, 5) is 0. The van der Waals surface area contributed by atoms with Crippen LogP contribution in [0, 0.1) is 17.8 Å². The van der Waals surface area contributed by atoms with Crippen LogP contribution < -0.4 is 9.47 Å². The van der Waals surface area contributed by atoms with Gasteiger partial charge in [0.15, 0.2) is 0 Å². The number of nitrogens with zero attached hydrogens (tertiary/aromatic N) is 2. The number of ether oxygens (including phenoxy) is 2. The van der Waals surface area contributed by atoms with Gasteiger partial charge >= 0.3 is 12.2 Å². The molecule has 9 heteroatoms. The first-order valence-electron chi connectivity index (χ1n) is 17.6. The molecule has 1 aromatic heterocycles. The lowest BCUT2D eigenvalue weighted by Crippen LogP contribution is -2.36. The summed E-state index contributed by atoms with van der Waals surface area (Å²) >= 11 is 1.14. The van der Waals surface area contributed by atoms with Crippen LogP contribution in [-0.4, -0.2) is 21.0 Å². The monoisotopic (exact) mass is 698 g/mol. The lowest BCUT2D eigenvalue weighted by Gasteiger charge is -2.32. The highest BCUT2D eigenvalue weighted by Gasteiger charge is 2.44. The zero-order valence-electron chi connectivity index (χ0n) is 27.8. The molecule has 0 atom stereocenters. The number of hydrogen-bond donors (Lipinski definition) is 0. The average Bonchev–Trinajstić information content (AvgIpc) is 3.61. The largest absolute Gasteiger partial charge is 0.432 e. The van der Waals surface area contributed by atoms with Gasteiger partial charge in [0.1, 0.15) is 22.5 Å². The van der Waals surface area contributed by atoms with Gasteiger partial charge in [-0.3, -0.25) is 0 Å². The Morgan fingerprint density at radius 1 is 0.540 bits per heavy atom. The number of benzene rings is 5. The van der Waals surface area contributed by atoms with E-state index in [-0.39, 0.29) is 11.5 Å². The third-order valence-electron chi connectivity index (χ3n) is 10.7. The van der Waals surface area contributed by atoms with Crippen LogP contribution in [-0.2, 0) is 0 Å². The first-order chi connectivity index (χ1) is 24.1. The zero-order chi connectivity index (χ0) is 34.5. The normalized spacial score (nSPS) is 19.3. The van der Waals surface area contributed by atoms with Gasteiger partial charge in [-0.25, -0.2) is 0 Å². The second-order valence-corrected chi connectivity index (χ2v) is 14.7. The van der Waals surface area contributed by atoms with Crippen LogP contribution in [0.15, 0.2) is 84.9 Å². The molecule has 2 saturated carbocycles. The third kappa shape index (κ3) is 6.52. The Balaban J connectivity index is 1.03. The van der Waals surface area contributed by atoms with Crippen LogP contribution in [0.5, 0.6) is 11.5 Å². The number of alkyl halides is 4. The smallest absolute Gasteiger partial charge is 0.400 e. The predicted octanol–water partition coefficient (Wildman–Crippen LogP) is 12.7. The van der Waals surface area contributed by atoms with Crippen molar-refractivity contribution in [1.29, 1.82) is 0 Å². The first-order valence-corrected chi connectivity index (χ1v) is 18.3. The Morgan fingerprint density at radius 3 is 1.48 bits per heavy atom. The fourth-order valence-corrected chi connectivity index (χ4v) is 8.33. The molecule has 2 fully saturated rings. The molecular weight excluding hydrogens is 661 g/mol. The Bertz CT molecular complexity index is 2170. The Kier molecular flexibility index (Phi) is 8.66. The van der Waals surface area contributed by atoms with Crippen LogP contribution in [0.2, 0.25) is 0 Å². The summed E-state index contributed by atoms with van der Waals surface area (Å²) in [6.07, 6.45) is -0.211. The van der Waals surface area contributed by atoms with E-state index < -0.39 is 24.1 Å². The van der Waals surface area contributed by atoms with E-state index >= 15 is 8.78 Å². The Hall–Kier alpha value is -4.24. The van der Waals surface area contributed by atoms with Gasteiger partial charge in [-0.1, -0.05) is 87.6 Å². The number of aromatic nitrogens is 2. The standard InChI is InChI=1S/C41H38F4N2O2S/c1-25-7-15-33(16-8-25)41(44,45)49-35-18-14-27-22-31(12-10-29(27)24-35)37-20-19-36(38-39(37)47-50-46-38)30-11-9-28-23-34(17-13-26(28)21-30)48-40(42,43)32-5-3-2-4-6-32/h9-14,17-25,32-33H,2-8,15-16H2,1H3. The number of rotatable bonds is 8. The van der Waals surface area contributed by atoms with Crippen molar-refractivity contribution in [2.45, 2.75) is 76.9 Å². The van der Waals surface area contributed by atoms with Gasteiger partial charge in [-0.15, -0.1) is 0 Å². The lowest BCUT2D eigenvalue weighted by atomic mass is 9.82. The van der Waals surface area contributed by atoms with E-state index in [0.717, 1.165) is 98.7 Å². The highest BCUT2D eigenvalue weighted by Crippen LogP contribution is 2.42. The number of fused-ring (bicyclic) bond motifs is 3. The van der Waals surface area contributed by atoms with Crippen LogP contribution in [0.3, 0.4) is 0 Å². The molecule has 4 nitrogen and oxygen atoms in total. The molecule has 6 aromatic rings. The minimum atomic E-state index is -3.20. The van der Waals surface area contributed by atoms with Gasteiger partial charge < -0.3 is 9.47 Å². The number of halogens is 4. The molecule has 2 aliphatic rings. The summed E-state index contributed by atoms with van der Waals surface area (Å²) < 4.78 is 79.7. The van der Waals surface area contributed by atoms with Gasteiger partial charge in [0.2, 0.25) is 0 Å². The molecule has 0 amide bonds. The summed E-state index contributed by atoms with van der Waals surface area (Å²) in [5, 5.41) is 3.43. The summed E-state index contributed by atoms with van der Waals surface area (Å²) in [6.45, 7) is 2.11. The molecule has 5 aromatic carbocycles. The Morgan fingerprint density at radius 2 is 0.980 bits per heavy atom. The highest BCUT2D eigenvalue weighted by atomic mass is 32.1. The molecule has 0 spiro atoms. The second kappa shape index (κ2) is 13.1. The topological polar surface area (TPSA) is 44.2 Å². The zero-order valence-corrected chi connectivity index (χ0v) is 28.6. The minimum absolute atomic E-state index is 0.167. The van der Waals surface area contributed by atoms with Gasteiger partial charge in [0.25, 0.3) is 0 Å². The predicted molar refractivity (Wildman–Crippen MR) is 192 cm³/mol. The summed E-state index contributed by atoms with van der Waals surface area (Å²) in [7, 11) is 0. The van der Waals surface area contributed by atoms with Gasteiger partial charge in [0, 0.05) is 11.1 Å². The van der Waals surface area contributed by atoms with Gasteiger partial charge in [-0.2, -0.15) is 26.3 Å².